The fraction of sp³-hybridized carbons (Fsp3) is 0.143. The number of thioether (sulfide) groups is 1. The van der Waals surface area contributed by atoms with E-state index in [2.05, 4.69) is 18.7 Å². The maximum Gasteiger partial charge on any atom is 0.266 e. The summed E-state index contributed by atoms with van der Waals surface area (Å²) in [4.78, 5) is 20.6. The van der Waals surface area contributed by atoms with Crippen molar-refractivity contribution in [2.24, 2.45) is 4.99 Å². The fourth-order valence-corrected chi connectivity index (χ4v) is 4.40. The number of amides is 1. The van der Waals surface area contributed by atoms with E-state index >= 15 is 0 Å². The lowest BCUT2D eigenvalue weighted by molar-refractivity contribution is -0.122. The maximum absolute atomic E-state index is 13.3. The minimum absolute atomic E-state index is 0.0197. The van der Waals surface area contributed by atoms with Crippen molar-refractivity contribution in [3.63, 3.8) is 0 Å². The van der Waals surface area contributed by atoms with Crippen molar-refractivity contribution in [2.45, 2.75) is 13.3 Å². The van der Waals surface area contributed by atoms with Crippen LogP contribution in [-0.2, 0) is 11.2 Å². The molecule has 3 aromatic rings. The van der Waals surface area contributed by atoms with Crippen LogP contribution in [0, 0.1) is 6.92 Å². The number of carbonyl (C=O) groups excluding carboxylic acids is 1. The molecule has 4 rings (SSSR count). The number of benzene rings is 3. The second kappa shape index (κ2) is 10.8. The summed E-state index contributed by atoms with van der Waals surface area (Å²) in [7, 11) is 0. The van der Waals surface area contributed by atoms with Crippen LogP contribution in [0.15, 0.2) is 101 Å². The Morgan fingerprint density at radius 3 is 2.42 bits per heavy atom. The largest absolute Gasteiger partial charge is 0.490 e. The average Bonchev–Trinajstić information content (AvgIpc) is 3.13. The van der Waals surface area contributed by atoms with Crippen molar-refractivity contribution >= 4 is 34.6 Å². The van der Waals surface area contributed by atoms with Crippen molar-refractivity contribution in [3.8, 4) is 5.75 Å². The molecule has 166 valence electrons. The SMILES string of the molecule is C=CCOc1ccc(/C=C2/SC(=Nc3ccc(C)cc3)N(CCc3ccccc3)C2=O)cc1. The monoisotopic (exact) mass is 454 g/mol. The van der Waals surface area contributed by atoms with Gasteiger partial charge in [0.25, 0.3) is 5.91 Å². The molecule has 0 aliphatic carbocycles. The van der Waals surface area contributed by atoms with Crippen molar-refractivity contribution < 1.29 is 9.53 Å². The topological polar surface area (TPSA) is 41.9 Å². The summed E-state index contributed by atoms with van der Waals surface area (Å²) in [5.41, 5.74) is 4.15. The van der Waals surface area contributed by atoms with Gasteiger partial charge in [-0.1, -0.05) is 72.8 Å². The smallest absolute Gasteiger partial charge is 0.266 e. The van der Waals surface area contributed by atoms with Crippen LogP contribution in [0.5, 0.6) is 5.75 Å². The van der Waals surface area contributed by atoms with Crippen LogP contribution >= 0.6 is 11.8 Å². The first kappa shape index (κ1) is 22.6. The normalized spacial score (nSPS) is 15.9. The quantitative estimate of drug-likeness (QED) is 0.292. The Labute approximate surface area is 199 Å². The third-order valence-electron chi connectivity index (χ3n) is 5.16. The van der Waals surface area contributed by atoms with Crippen LogP contribution in [0.4, 0.5) is 5.69 Å². The molecule has 33 heavy (non-hydrogen) atoms. The molecular weight excluding hydrogens is 428 g/mol. The summed E-state index contributed by atoms with van der Waals surface area (Å²) in [5.74, 6) is 0.752. The zero-order valence-electron chi connectivity index (χ0n) is 18.6. The lowest BCUT2D eigenvalue weighted by Crippen LogP contribution is -2.31. The molecule has 1 amide bonds. The number of aliphatic imine (C=N–C) groups is 1. The maximum atomic E-state index is 13.3. The van der Waals surface area contributed by atoms with Gasteiger partial charge in [-0.3, -0.25) is 9.69 Å². The van der Waals surface area contributed by atoms with E-state index in [1.54, 1.807) is 11.0 Å². The molecule has 5 heteroatoms. The number of nitrogens with zero attached hydrogens (tertiary/aromatic N) is 2. The predicted molar refractivity (Wildman–Crippen MR) is 138 cm³/mol. The number of ether oxygens (including phenoxy) is 1. The number of carbonyl (C=O) groups is 1. The van der Waals surface area contributed by atoms with Gasteiger partial charge < -0.3 is 4.74 Å². The number of rotatable bonds is 8. The predicted octanol–water partition coefficient (Wildman–Crippen LogP) is 6.41. The molecule has 1 aliphatic heterocycles. The molecule has 0 N–H and O–H groups in total. The van der Waals surface area contributed by atoms with Gasteiger partial charge in [0.1, 0.15) is 12.4 Å². The zero-order valence-corrected chi connectivity index (χ0v) is 19.4. The molecule has 0 atom stereocenters. The zero-order chi connectivity index (χ0) is 23.0. The molecule has 0 spiro atoms. The third kappa shape index (κ3) is 6.02. The number of hydrogen-bond acceptors (Lipinski definition) is 4. The minimum atomic E-state index is -0.0197. The highest BCUT2D eigenvalue weighted by atomic mass is 32.2. The molecule has 0 saturated carbocycles. The van der Waals surface area contributed by atoms with Crippen LogP contribution in [0.2, 0.25) is 0 Å². The van der Waals surface area contributed by atoms with E-state index in [1.165, 1.54) is 22.9 Å². The molecule has 0 bridgehead atoms. The molecule has 0 radical (unpaired) electrons. The number of amidine groups is 1. The van der Waals surface area contributed by atoms with Gasteiger partial charge in [-0.15, -0.1) is 0 Å². The summed E-state index contributed by atoms with van der Waals surface area (Å²) in [6.07, 6.45) is 4.39. The highest BCUT2D eigenvalue weighted by Crippen LogP contribution is 2.34. The Kier molecular flexibility index (Phi) is 7.43. The molecular formula is C28H26N2O2S. The first-order chi connectivity index (χ1) is 16.1. The van der Waals surface area contributed by atoms with E-state index in [0.717, 1.165) is 23.4 Å². The van der Waals surface area contributed by atoms with E-state index in [9.17, 15) is 4.79 Å². The molecule has 1 saturated heterocycles. The van der Waals surface area contributed by atoms with Gasteiger partial charge in [-0.25, -0.2) is 4.99 Å². The molecule has 0 aromatic heterocycles. The third-order valence-corrected chi connectivity index (χ3v) is 6.17. The molecule has 1 fully saturated rings. The van der Waals surface area contributed by atoms with Crippen LogP contribution in [0.3, 0.4) is 0 Å². The van der Waals surface area contributed by atoms with E-state index in [-0.39, 0.29) is 5.91 Å². The Hall–Kier alpha value is -3.57. The van der Waals surface area contributed by atoms with Crippen molar-refractivity contribution in [3.05, 3.63) is 113 Å². The first-order valence-electron chi connectivity index (χ1n) is 10.9. The van der Waals surface area contributed by atoms with E-state index in [1.807, 2.05) is 79.7 Å². The molecule has 0 unspecified atom stereocenters. The van der Waals surface area contributed by atoms with Crippen LogP contribution in [0.1, 0.15) is 16.7 Å². The average molecular weight is 455 g/mol. The van der Waals surface area contributed by atoms with Crippen LogP contribution in [0.25, 0.3) is 6.08 Å². The van der Waals surface area contributed by atoms with Gasteiger partial charge in [0.2, 0.25) is 0 Å². The highest BCUT2D eigenvalue weighted by Gasteiger charge is 2.33. The first-order valence-corrected chi connectivity index (χ1v) is 11.7. The van der Waals surface area contributed by atoms with Gasteiger partial charge in [0.15, 0.2) is 5.17 Å². The van der Waals surface area contributed by atoms with Crippen molar-refractivity contribution in [1.82, 2.24) is 4.90 Å². The van der Waals surface area contributed by atoms with Gasteiger partial charge in [0, 0.05) is 6.54 Å². The summed E-state index contributed by atoms with van der Waals surface area (Å²) >= 11 is 1.42. The Morgan fingerprint density at radius 1 is 1.00 bits per heavy atom. The Morgan fingerprint density at radius 2 is 1.73 bits per heavy atom. The Balaban J connectivity index is 1.58. The lowest BCUT2D eigenvalue weighted by Gasteiger charge is -2.15. The number of hydrogen-bond donors (Lipinski definition) is 0. The molecule has 4 nitrogen and oxygen atoms in total. The summed E-state index contributed by atoms with van der Waals surface area (Å²) in [6.45, 7) is 6.75. The second-order valence-electron chi connectivity index (χ2n) is 7.70. The van der Waals surface area contributed by atoms with Gasteiger partial charge in [-0.05, 0) is 66.6 Å². The highest BCUT2D eigenvalue weighted by molar-refractivity contribution is 8.18. The second-order valence-corrected chi connectivity index (χ2v) is 8.71. The Bertz CT molecular complexity index is 1170. The van der Waals surface area contributed by atoms with Crippen LogP contribution < -0.4 is 4.74 Å². The minimum Gasteiger partial charge on any atom is -0.490 e. The van der Waals surface area contributed by atoms with Gasteiger partial charge in [-0.2, -0.15) is 0 Å². The summed E-state index contributed by atoms with van der Waals surface area (Å²) in [5, 5.41) is 0.706. The van der Waals surface area contributed by atoms with Crippen molar-refractivity contribution in [1.29, 1.82) is 0 Å². The van der Waals surface area contributed by atoms with E-state index < -0.39 is 0 Å². The van der Waals surface area contributed by atoms with Crippen LogP contribution in [-0.4, -0.2) is 29.1 Å². The van der Waals surface area contributed by atoms with E-state index in [4.69, 9.17) is 9.73 Å². The van der Waals surface area contributed by atoms with Gasteiger partial charge >= 0.3 is 0 Å². The fourth-order valence-electron chi connectivity index (χ4n) is 3.37. The summed E-state index contributed by atoms with van der Waals surface area (Å²) in [6, 6.07) is 25.9. The van der Waals surface area contributed by atoms with Crippen molar-refractivity contribution in [2.75, 3.05) is 13.2 Å². The number of aryl methyl sites for hydroxylation is 1. The molecule has 1 aliphatic rings. The molecule has 1 heterocycles. The standard InChI is InChI=1S/C28H26N2O2S/c1-3-19-32-25-15-11-23(12-16-25)20-26-27(31)30(18-17-22-7-5-4-6-8-22)28(33-26)29-24-13-9-21(2)10-14-24/h3-16,20H,1,17-19H2,2H3/b26-20+,29-28?. The lowest BCUT2D eigenvalue weighted by atomic mass is 10.1. The van der Waals surface area contributed by atoms with E-state index in [0.29, 0.717) is 23.2 Å². The molecule has 3 aromatic carbocycles. The summed E-state index contributed by atoms with van der Waals surface area (Å²) < 4.78 is 5.55. The van der Waals surface area contributed by atoms with Gasteiger partial charge in [0.05, 0.1) is 10.6 Å².